The van der Waals surface area contributed by atoms with Crippen LogP contribution in [-0.4, -0.2) is 24.0 Å². The summed E-state index contributed by atoms with van der Waals surface area (Å²) in [6.07, 6.45) is 0. The monoisotopic (exact) mass is 334 g/mol. The van der Waals surface area contributed by atoms with Crippen molar-refractivity contribution in [1.29, 1.82) is 0 Å². The number of para-hydroxylation sites is 1. The highest BCUT2D eigenvalue weighted by Crippen LogP contribution is 2.27. The Labute approximate surface area is 148 Å². The molecule has 0 atom stereocenters. The lowest BCUT2D eigenvalue weighted by Gasteiger charge is -2.28. The van der Waals surface area contributed by atoms with E-state index >= 15 is 0 Å². The number of nitrogens with zero attached hydrogens (tertiary/aromatic N) is 2. The van der Waals surface area contributed by atoms with E-state index in [9.17, 15) is 4.79 Å². The van der Waals surface area contributed by atoms with Gasteiger partial charge in [-0.05, 0) is 49.9 Å². The van der Waals surface area contributed by atoms with Crippen LogP contribution in [-0.2, 0) is 0 Å². The van der Waals surface area contributed by atoms with Crippen molar-refractivity contribution in [1.82, 2.24) is 4.98 Å². The maximum absolute atomic E-state index is 13.3. The molecule has 1 aromatic heterocycles. The van der Waals surface area contributed by atoms with E-state index in [1.165, 1.54) is 0 Å². The summed E-state index contributed by atoms with van der Waals surface area (Å²) in [7, 11) is 1.57. The van der Waals surface area contributed by atoms with Gasteiger partial charge in [0.15, 0.2) is 0 Å². The van der Waals surface area contributed by atoms with E-state index in [1.807, 2.05) is 75.4 Å². The number of carbonyl (C=O) groups excluding carboxylic acids is 1. The van der Waals surface area contributed by atoms with Crippen LogP contribution in [0.15, 0.2) is 54.6 Å². The van der Waals surface area contributed by atoms with Gasteiger partial charge in [-0.25, -0.2) is 4.98 Å². The third kappa shape index (κ3) is 3.20. The quantitative estimate of drug-likeness (QED) is 0.700. The summed E-state index contributed by atoms with van der Waals surface area (Å²) < 4.78 is 5.41. The molecule has 0 fully saturated rings. The minimum atomic E-state index is -0.131. The van der Waals surface area contributed by atoms with E-state index in [0.29, 0.717) is 11.6 Å². The lowest BCUT2D eigenvalue weighted by Crippen LogP contribution is -2.38. The van der Waals surface area contributed by atoms with E-state index < -0.39 is 0 Å². The summed E-state index contributed by atoms with van der Waals surface area (Å²) in [5, 5.41) is 1.83. The molecule has 0 saturated heterocycles. The van der Waals surface area contributed by atoms with Crippen LogP contribution in [0.3, 0.4) is 0 Å². The van der Waals surface area contributed by atoms with E-state index in [2.05, 4.69) is 4.98 Å². The number of ether oxygens (including phenoxy) is 1. The fourth-order valence-electron chi connectivity index (χ4n) is 3.01. The number of pyridine rings is 1. The summed E-state index contributed by atoms with van der Waals surface area (Å²) in [5.41, 5.74) is 2.33. The average Bonchev–Trinajstić information content (AvgIpc) is 2.62. The second-order valence-corrected chi connectivity index (χ2v) is 6.29. The first-order chi connectivity index (χ1) is 12.0. The highest BCUT2D eigenvalue weighted by molar-refractivity contribution is 6.07. The Bertz CT molecular complexity index is 919. The molecular weight excluding hydrogens is 312 g/mol. The van der Waals surface area contributed by atoms with Crippen LogP contribution >= 0.6 is 0 Å². The molecule has 1 heterocycles. The maximum atomic E-state index is 13.3. The zero-order valence-electron chi connectivity index (χ0n) is 15.0. The highest BCUT2D eigenvalue weighted by Gasteiger charge is 2.24. The number of fused-ring (bicyclic) bond motifs is 1. The van der Waals surface area contributed by atoms with E-state index in [-0.39, 0.29) is 11.9 Å². The number of anilines is 1. The van der Waals surface area contributed by atoms with Gasteiger partial charge in [0.05, 0.1) is 7.11 Å². The first-order valence-corrected chi connectivity index (χ1v) is 8.36. The summed E-state index contributed by atoms with van der Waals surface area (Å²) >= 11 is 0. The molecule has 0 spiro atoms. The fourth-order valence-corrected chi connectivity index (χ4v) is 3.01. The molecule has 0 aliphatic rings. The van der Waals surface area contributed by atoms with Gasteiger partial charge in [-0.1, -0.05) is 36.4 Å². The molecule has 0 N–H and O–H groups in total. The summed E-state index contributed by atoms with van der Waals surface area (Å²) in [6.45, 7) is 6.01. The Morgan fingerprint density at radius 1 is 1.08 bits per heavy atom. The molecule has 0 unspecified atom stereocenters. The van der Waals surface area contributed by atoms with Gasteiger partial charge in [0, 0.05) is 17.1 Å². The van der Waals surface area contributed by atoms with Gasteiger partial charge in [0.25, 0.3) is 5.91 Å². The third-order valence-electron chi connectivity index (χ3n) is 4.23. The number of aryl methyl sites for hydroxylation is 1. The van der Waals surface area contributed by atoms with Crippen LogP contribution in [0.4, 0.5) is 5.69 Å². The van der Waals surface area contributed by atoms with Crippen molar-refractivity contribution < 1.29 is 9.53 Å². The van der Waals surface area contributed by atoms with E-state index in [4.69, 9.17) is 4.74 Å². The van der Waals surface area contributed by atoms with Crippen LogP contribution in [0, 0.1) is 6.92 Å². The van der Waals surface area contributed by atoms with Gasteiger partial charge in [0.1, 0.15) is 5.69 Å². The number of benzene rings is 2. The van der Waals surface area contributed by atoms with Crippen LogP contribution in [0.2, 0.25) is 0 Å². The zero-order valence-corrected chi connectivity index (χ0v) is 15.0. The van der Waals surface area contributed by atoms with Crippen LogP contribution in [0.5, 0.6) is 5.88 Å². The Balaban J connectivity index is 2.12. The Kier molecular flexibility index (Phi) is 4.70. The molecule has 0 radical (unpaired) electrons. The highest BCUT2D eigenvalue weighted by atomic mass is 16.5. The molecule has 0 bridgehead atoms. The molecular formula is C21H22N2O2. The summed E-state index contributed by atoms with van der Waals surface area (Å²) in [5.74, 6) is 0.336. The lowest BCUT2D eigenvalue weighted by atomic mass is 10.1. The van der Waals surface area contributed by atoms with Crippen molar-refractivity contribution in [3.63, 3.8) is 0 Å². The molecule has 4 heteroatoms. The predicted octanol–water partition coefficient (Wildman–Crippen LogP) is 4.61. The molecule has 4 nitrogen and oxygen atoms in total. The SMILES string of the molecule is COc1nc(C(=O)N(c2ccccc2C)C(C)C)cc2ccccc12. The molecule has 3 aromatic rings. The van der Waals surface area contributed by atoms with Crippen LogP contribution < -0.4 is 9.64 Å². The smallest absolute Gasteiger partial charge is 0.277 e. The second kappa shape index (κ2) is 6.93. The largest absolute Gasteiger partial charge is 0.481 e. The minimum absolute atomic E-state index is 0.00728. The Morgan fingerprint density at radius 2 is 1.76 bits per heavy atom. The number of carbonyl (C=O) groups is 1. The van der Waals surface area contributed by atoms with Gasteiger partial charge in [0.2, 0.25) is 5.88 Å². The van der Waals surface area contributed by atoms with E-state index in [0.717, 1.165) is 22.0 Å². The topological polar surface area (TPSA) is 42.4 Å². The third-order valence-corrected chi connectivity index (χ3v) is 4.23. The van der Waals surface area contributed by atoms with Crippen molar-refractivity contribution in [3.8, 4) is 5.88 Å². The zero-order chi connectivity index (χ0) is 18.0. The number of methoxy groups -OCH3 is 1. The predicted molar refractivity (Wildman–Crippen MR) is 101 cm³/mol. The Hall–Kier alpha value is -2.88. The van der Waals surface area contributed by atoms with Crippen LogP contribution in [0.25, 0.3) is 10.8 Å². The molecule has 3 rings (SSSR count). The molecule has 128 valence electrons. The summed E-state index contributed by atoms with van der Waals surface area (Å²) in [6, 6.07) is 17.5. The molecule has 0 aliphatic heterocycles. The van der Waals surface area contributed by atoms with E-state index in [1.54, 1.807) is 12.0 Å². The fraction of sp³-hybridized carbons (Fsp3) is 0.238. The van der Waals surface area contributed by atoms with Gasteiger partial charge in [-0.3, -0.25) is 4.79 Å². The lowest BCUT2D eigenvalue weighted by molar-refractivity contribution is 0.0974. The normalized spacial score (nSPS) is 10.9. The number of hydrogen-bond acceptors (Lipinski definition) is 3. The van der Waals surface area contributed by atoms with Crippen molar-refractivity contribution in [2.75, 3.05) is 12.0 Å². The van der Waals surface area contributed by atoms with Gasteiger partial charge in [-0.2, -0.15) is 0 Å². The van der Waals surface area contributed by atoms with Crippen LogP contribution in [0.1, 0.15) is 29.9 Å². The number of aromatic nitrogens is 1. The first-order valence-electron chi connectivity index (χ1n) is 8.36. The van der Waals surface area contributed by atoms with Gasteiger partial charge in [-0.15, -0.1) is 0 Å². The van der Waals surface area contributed by atoms with Gasteiger partial charge < -0.3 is 9.64 Å². The van der Waals surface area contributed by atoms with Crippen molar-refractivity contribution in [2.24, 2.45) is 0 Å². The number of amides is 1. The van der Waals surface area contributed by atoms with Crippen molar-refractivity contribution in [3.05, 3.63) is 65.9 Å². The number of hydrogen-bond donors (Lipinski definition) is 0. The standard InChI is InChI=1S/C21H22N2O2/c1-14(2)23(19-12-8-5-9-15(19)3)21(24)18-13-16-10-6-7-11-17(16)20(22-18)25-4/h5-14H,1-4H3. The second-order valence-electron chi connectivity index (χ2n) is 6.29. The molecule has 0 saturated carbocycles. The molecule has 25 heavy (non-hydrogen) atoms. The average molecular weight is 334 g/mol. The van der Waals surface area contributed by atoms with Crippen molar-refractivity contribution >= 4 is 22.4 Å². The molecule has 0 aliphatic carbocycles. The van der Waals surface area contributed by atoms with Crippen molar-refractivity contribution in [2.45, 2.75) is 26.8 Å². The molecule has 1 amide bonds. The summed E-state index contributed by atoms with van der Waals surface area (Å²) in [4.78, 5) is 19.5. The Morgan fingerprint density at radius 3 is 2.44 bits per heavy atom. The number of rotatable bonds is 4. The molecule has 2 aromatic carbocycles. The first kappa shape index (κ1) is 17.0. The maximum Gasteiger partial charge on any atom is 0.277 e. The minimum Gasteiger partial charge on any atom is -0.481 e. The van der Waals surface area contributed by atoms with Gasteiger partial charge >= 0.3 is 0 Å².